The van der Waals surface area contributed by atoms with Crippen LogP contribution in [0.4, 0.5) is 5.69 Å². The van der Waals surface area contributed by atoms with Crippen LogP contribution in [-0.4, -0.2) is 51.7 Å². The van der Waals surface area contributed by atoms with Gasteiger partial charge in [-0.05, 0) is 37.0 Å². The molecule has 1 aliphatic rings. The van der Waals surface area contributed by atoms with Crippen molar-refractivity contribution in [1.29, 1.82) is 0 Å². The van der Waals surface area contributed by atoms with Crippen LogP contribution >= 0.6 is 11.6 Å². The van der Waals surface area contributed by atoms with E-state index >= 15 is 0 Å². The maximum atomic E-state index is 11.5. The number of rotatable bonds is 5. The molecule has 0 unspecified atom stereocenters. The zero-order valence-corrected chi connectivity index (χ0v) is 15.4. The lowest BCUT2D eigenvalue weighted by atomic mass is 9.98. The second kappa shape index (κ2) is 8.04. The molecule has 2 rings (SSSR count). The topological polar surface area (TPSA) is 97.0 Å². The highest BCUT2D eigenvalue weighted by molar-refractivity contribution is 7.88. The molecule has 1 aromatic rings. The van der Waals surface area contributed by atoms with E-state index in [-0.39, 0.29) is 0 Å². The van der Waals surface area contributed by atoms with Crippen LogP contribution in [0.2, 0.25) is 5.02 Å². The Kier molecular flexibility index (Phi) is 6.31. The maximum absolute atomic E-state index is 11.5. The Morgan fingerprint density at radius 1 is 1.46 bits per heavy atom. The van der Waals surface area contributed by atoms with Gasteiger partial charge < -0.3 is 15.8 Å². The first-order chi connectivity index (χ1) is 11.3. The van der Waals surface area contributed by atoms with E-state index < -0.39 is 10.0 Å². The van der Waals surface area contributed by atoms with Crippen LogP contribution in [0.15, 0.2) is 23.2 Å². The van der Waals surface area contributed by atoms with Crippen LogP contribution in [0.1, 0.15) is 12.8 Å². The molecule has 0 atom stereocenters. The maximum Gasteiger partial charge on any atom is 0.211 e. The van der Waals surface area contributed by atoms with Crippen LogP contribution in [0.3, 0.4) is 0 Å². The number of benzene rings is 1. The van der Waals surface area contributed by atoms with Crippen molar-refractivity contribution in [3.8, 4) is 5.75 Å². The molecule has 0 spiro atoms. The number of ether oxygens (including phenoxy) is 1. The Labute approximate surface area is 147 Å². The number of nitrogens with one attached hydrogen (secondary N) is 1. The Bertz CT molecular complexity index is 701. The number of hydrogen-bond acceptors (Lipinski definition) is 4. The third kappa shape index (κ3) is 5.25. The van der Waals surface area contributed by atoms with Crippen molar-refractivity contribution in [1.82, 2.24) is 4.31 Å². The van der Waals surface area contributed by atoms with Gasteiger partial charge in [-0.25, -0.2) is 12.7 Å². The number of halogens is 1. The van der Waals surface area contributed by atoms with Crippen LogP contribution in [0.5, 0.6) is 5.75 Å². The molecule has 0 amide bonds. The van der Waals surface area contributed by atoms with E-state index in [0.29, 0.717) is 42.3 Å². The van der Waals surface area contributed by atoms with Gasteiger partial charge in [-0.1, -0.05) is 11.6 Å². The molecule has 0 saturated carbocycles. The monoisotopic (exact) mass is 374 g/mol. The van der Waals surface area contributed by atoms with Gasteiger partial charge in [0, 0.05) is 25.3 Å². The van der Waals surface area contributed by atoms with Gasteiger partial charge in [-0.2, -0.15) is 0 Å². The summed E-state index contributed by atoms with van der Waals surface area (Å²) in [5.41, 5.74) is 6.63. The molecule has 1 saturated heterocycles. The summed E-state index contributed by atoms with van der Waals surface area (Å²) in [5.74, 6) is 1.24. The lowest BCUT2D eigenvalue weighted by molar-refractivity contribution is 0.280. The van der Waals surface area contributed by atoms with E-state index in [1.165, 1.54) is 10.6 Å². The lowest BCUT2D eigenvalue weighted by Crippen LogP contribution is -2.38. The number of anilines is 1. The highest BCUT2D eigenvalue weighted by Crippen LogP contribution is 2.27. The van der Waals surface area contributed by atoms with Crippen molar-refractivity contribution in [3.63, 3.8) is 0 Å². The average Bonchev–Trinajstić information content (AvgIpc) is 2.53. The molecule has 0 aliphatic carbocycles. The Balaban J connectivity index is 1.85. The van der Waals surface area contributed by atoms with Gasteiger partial charge in [-0.3, -0.25) is 4.99 Å². The van der Waals surface area contributed by atoms with E-state index in [0.717, 1.165) is 18.5 Å². The number of piperidine rings is 1. The van der Waals surface area contributed by atoms with Crippen molar-refractivity contribution in [2.75, 3.05) is 38.3 Å². The van der Waals surface area contributed by atoms with Gasteiger partial charge in [0.1, 0.15) is 5.75 Å². The normalized spacial score (nSPS) is 17.7. The molecule has 3 N–H and O–H groups in total. The summed E-state index contributed by atoms with van der Waals surface area (Å²) < 4.78 is 29.6. The second-order valence-electron chi connectivity index (χ2n) is 5.81. The van der Waals surface area contributed by atoms with Gasteiger partial charge in [0.05, 0.1) is 18.4 Å². The minimum atomic E-state index is -3.09. The first-order valence-corrected chi connectivity index (χ1v) is 9.88. The molecule has 134 valence electrons. The average molecular weight is 375 g/mol. The summed E-state index contributed by atoms with van der Waals surface area (Å²) in [6.45, 7) is 1.65. The smallest absolute Gasteiger partial charge is 0.211 e. The van der Waals surface area contributed by atoms with E-state index in [1.54, 1.807) is 25.3 Å². The minimum Gasteiger partial charge on any atom is -0.495 e. The van der Waals surface area contributed by atoms with E-state index in [1.807, 2.05) is 0 Å². The van der Waals surface area contributed by atoms with Crippen LogP contribution in [-0.2, 0) is 10.0 Å². The molecule has 9 heteroatoms. The van der Waals surface area contributed by atoms with Gasteiger partial charge >= 0.3 is 0 Å². The summed E-state index contributed by atoms with van der Waals surface area (Å²) in [4.78, 5) is 4.34. The predicted octanol–water partition coefficient (Wildman–Crippen LogP) is 1.75. The first kappa shape index (κ1) is 18.8. The molecule has 1 aromatic carbocycles. The molecular formula is C15H23ClN4O3S. The van der Waals surface area contributed by atoms with Crippen molar-refractivity contribution in [2.45, 2.75) is 12.8 Å². The zero-order valence-electron chi connectivity index (χ0n) is 13.8. The van der Waals surface area contributed by atoms with Crippen LogP contribution < -0.4 is 15.8 Å². The van der Waals surface area contributed by atoms with E-state index in [9.17, 15) is 8.42 Å². The predicted molar refractivity (Wildman–Crippen MR) is 97.3 cm³/mol. The number of nitrogens with zero attached hydrogens (tertiary/aromatic N) is 2. The number of aliphatic imine (C=N–C) groups is 1. The van der Waals surface area contributed by atoms with Gasteiger partial charge in [0.2, 0.25) is 10.0 Å². The fourth-order valence-electron chi connectivity index (χ4n) is 2.58. The molecule has 7 nitrogen and oxygen atoms in total. The van der Waals surface area contributed by atoms with E-state index in [4.69, 9.17) is 22.1 Å². The molecule has 0 aromatic heterocycles. The molecule has 0 bridgehead atoms. The molecule has 1 heterocycles. The van der Waals surface area contributed by atoms with Crippen LogP contribution in [0.25, 0.3) is 0 Å². The fourth-order valence-corrected chi connectivity index (χ4v) is 3.71. The van der Waals surface area contributed by atoms with Gasteiger partial charge in [0.25, 0.3) is 0 Å². The third-order valence-corrected chi connectivity index (χ3v) is 5.59. The SMILES string of the molecule is COc1ccc(NC(N)=NCC2CCN(S(C)(=O)=O)CC2)cc1Cl. The largest absolute Gasteiger partial charge is 0.495 e. The summed E-state index contributed by atoms with van der Waals surface area (Å²) >= 11 is 6.06. The summed E-state index contributed by atoms with van der Waals surface area (Å²) in [5, 5.41) is 3.48. The lowest BCUT2D eigenvalue weighted by Gasteiger charge is -2.29. The summed E-state index contributed by atoms with van der Waals surface area (Å²) in [6.07, 6.45) is 2.82. The number of nitrogens with two attached hydrogens (primary N) is 1. The van der Waals surface area contributed by atoms with E-state index in [2.05, 4.69) is 10.3 Å². The minimum absolute atomic E-state index is 0.307. The molecule has 1 aliphatic heterocycles. The Morgan fingerprint density at radius 2 is 2.12 bits per heavy atom. The fraction of sp³-hybridized carbons (Fsp3) is 0.533. The van der Waals surface area contributed by atoms with Crippen molar-refractivity contribution in [3.05, 3.63) is 23.2 Å². The number of sulfonamides is 1. The highest BCUT2D eigenvalue weighted by atomic mass is 35.5. The second-order valence-corrected chi connectivity index (χ2v) is 8.20. The van der Waals surface area contributed by atoms with Crippen LogP contribution in [0, 0.1) is 5.92 Å². The van der Waals surface area contributed by atoms with Crippen molar-refractivity contribution >= 4 is 33.3 Å². The molecule has 1 fully saturated rings. The molecule has 24 heavy (non-hydrogen) atoms. The highest BCUT2D eigenvalue weighted by Gasteiger charge is 2.24. The zero-order chi connectivity index (χ0) is 17.7. The van der Waals surface area contributed by atoms with Crippen molar-refractivity contribution in [2.24, 2.45) is 16.6 Å². The molecular weight excluding hydrogens is 352 g/mol. The summed E-state index contributed by atoms with van der Waals surface area (Å²) in [6, 6.07) is 5.27. The van der Waals surface area contributed by atoms with Crippen molar-refractivity contribution < 1.29 is 13.2 Å². The Hall–Kier alpha value is -1.51. The quantitative estimate of drug-likeness (QED) is 0.604. The van der Waals surface area contributed by atoms with Gasteiger partial charge in [-0.15, -0.1) is 0 Å². The van der Waals surface area contributed by atoms with Gasteiger partial charge in [0.15, 0.2) is 5.96 Å². The number of hydrogen-bond donors (Lipinski definition) is 2. The Morgan fingerprint density at radius 3 is 2.67 bits per heavy atom. The number of guanidine groups is 1. The summed E-state index contributed by atoms with van der Waals surface area (Å²) in [7, 11) is -1.54. The standard InChI is InChI=1S/C15H23ClN4O3S/c1-23-14-4-3-12(9-13(14)16)19-15(17)18-10-11-5-7-20(8-6-11)24(2,21)22/h3-4,9,11H,5-8,10H2,1-2H3,(H3,17,18,19). The number of methoxy groups -OCH3 is 1. The first-order valence-electron chi connectivity index (χ1n) is 7.65. The third-order valence-electron chi connectivity index (χ3n) is 3.99. The molecule has 0 radical (unpaired) electrons.